The van der Waals surface area contributed by atoms with E-state index in [0.717, 1.165) is 50.4 Å². The highest BCUT2D eigenvalue weighted by molar-refractivity contribution is 4.82. The standard InChI is InChI=1S/C10H19N3O/c1-3-4-6-9-12-13-10(14-9)7-5-8-11-2/h11H,3-8H2,1-2H3. The van der Waals surface area contributed by atoms with Crippen molar-refractivity contribution in [3.63, 3.8) is 0 Å². The lowest BCUT2D eigenvalue weighted by molar-refractivity contribution is 0.438. The van der Waals surface area contributed by atoms with Crippen molar-refractivity contribution in [1.29, 1.82) is 0 Å². The van der Waals surface area contributed by atoms with Crippen LogP contribution in [0.25, 0.3) is 0 Å². The Morgan fingerprint density at radius 3 is 2.36 bits per heavy atom. The summed E-state index contributed by atoms with van der Waals surface area (Å²) in [6.45, 7) is 3.15. The fourth-order valence-corrected chi connectivity index (χ4v) is 1.23. The van der Waals surface area contributed by atoms with Crippen molar-refractivity contribution in [2.24, 2.45) is 0 Å². The largest absolute Gasteiger partial charge is 0.425 e. The van der Waals surface area contributed by atoms with E-state index in [1.165, 1.54) is 0 Å². The first-order valence-electron chi connectivity index (χ1n) is 5.32. The molecule has 14 heavy (non-hydrogen) atoms. The third-order valence-corrected chi connectivity index (χ3v) is 2.07. The molecule has 0 saturated carbocycles. The Morgan fingerprint density at radius 2 is 1.79 bits per heavy atom. The van der Waals surface area contributed by atoms with Crippen molar-refractivity contribution >= 4 is 0 Å². The number of rotatable bonds is 7. The molecular formula is C10H19N3O. The maximum atomic E-state index is 5.48. The second-order valence-corrected chi connectivity index (χ2v) is 3.40. The predicted molar refractivity (Wildman–Crippen MR) is 55.2 cm³/mol. The summed E-state index contributed by atoms with van der Waals surface area (Å²) in [5.41, 5.74) is 0. The van der Waals surface area contributed by atoms with Gasteiger partial charge in [0, 0.05) is 12.8 Å². The fourth-order valence-electron chi connectivity index (χ4n) is 1.23. The van der Waals surface area contributed by atoms with Crippen LogP contribution in [0.2, 0.25) is 0 Å². The average Bonchev–Trinajstić information content (AvgIpc) is 2.63. The first-order chi connectivity index (χ1) is 6.86. The lowest BCUT2D eigenvalue weighted by Gasteiger charge is -1.94. The van der Waals surface area contributed by atoms with Crippen molar-refractivity contribution in [1.82, 2.24) is 15.5 Å². The fraction of sp³-hybridized carbons (Fsp3) is 0.800. The molecule has 0 aliphatic rings. The first-order valence-corrected chi connectivity index (χ1v) is 5.32. The van der Waals surface area contributed by atoms with Crippen LogP contribution in [0, 0.1) is 0 Å². The molecule has 1 aromatic rings. The minimum atomic E-state index is 0.770. The summed E-state index contributed by atoms with van der Waals surface area (Å²) in [5, 5.41) is 11.1. The Balaban J connectivity index is 2.27. The minimum Gasteiger partial charge on any atom is -0.425 e. The molecule has 1 aromatic heterocycles. The molecule has 0 atom stereocenters. The Bertz CT molecular complexity index is 247. The van der Waals surface area contributed by atoms with Gasteiger partial charge in [0.15, 0.2) is 0 Å². The molecular weight excluding hydrogens is 178 g/mol. The Morgan fingerprint density at radius 1 is 1.14 bits per heavy atom. The summed E-state index contributed by atoms with van der Waals surface area (Å²) in [4.78, 5) is 0. The van der Waals surface area contributed by atoms with Crippen LogP contribution in [0.1, 0.15) is 38.0 Å². The molecule has 4 nitrogen and oxygen atoms in total. The van der Waals surface area contributed by atoms with E-state index in [1.54, 1.807) is 0 Å². The smallest absolute Gasteiger partial charge is 0.216 e. The quantitative estimate of drug-likeness (QED) is 0.674. The number of aromatic nitrogens is 2. The van der Waals surface area contributed by atoms with Crippen LogP contribution in [-0.4, -0.2) is 23.8 Å². The first kappa shape index (κ1) is 11.2. The van der Waals surface area contributed by atoms with Gasteiger partial charge >= 0.3 is 0 Å². The Kier molecular flexibility index (Phi) is 5.22. The van der Waals surface area contributed by atoms with E-state index in [2.05, 4.69) is 22.4 Å². The van der Waals surface area contributed by atoms with E-state index in [4.69, 9.17) is 4.42 Å². The van der Waals surface area contributed by atoms with E-state index < -0.39 is 0 Å². The van der Waals surface area contributed by atoms with Crippen molar-refractivity contribution in [3.05, 3.63) is 11.8 Å². The van der Waals surface area contributed by atoms with Gasteiger partial charge in [0.1, 0.15) is 0 Å². The summed E-state index contributed by atoms with van der Waals surface area (Å²) in [7, 11) is 1.94. The normalized spacial score (nSPS) is 10.7. The van der Waals surface area contributed by atoms with E-state index in [-0.39, 0.29) is 0 Å². The van der Waals surface area contributed by atoms with Gasteiger partial charge in [0.05, 0.1) is 0 Å². The van der Waals surface area contributed by atoms with Gasteiger partial charge in [-0.1, -0.05) is 13.3 Å². The van der Waals surface area contributed by atoms with Gasteiger partial charge in [-0.25, -0.2) is 0 Å². The summed E-state index contributed by atoms with van der Waals surface area (Å²) >= 11 is 0. The molecule has 1 rings (SSSR count). The van der Waals surface area contributed by atoms with E-state index in [1.807, 2.05) is 7.05 Å². The monoisotopic (exact) mass is 197 g/mol. The summed E-state index contributed by atoms with van der Waals surface area (Å²) in [5.74, 6) is 1.55. The summed E-state index contributed by atoms with van der Waals surface area (Å²) in [6, 6.07) is 0. The van der Waals surface area contributed by atoms with Crippen LogP contribution >= 0.6 is 0 Å². The molecule has 0 bridgehead atoms. The Hall–Kier alpha value is -0.900. The molecule has 80 valence electrons. The predicted octanol–water partition coefficient (Wildman–Crippen LogP) is 1.56. The SMILES string of the molecule is CCCCc1nnc(CCCNC)o1. The Labute approximate surface area is 85.1 Å². The highest BCUT2D eigenvalue weighted by Crippen LogP contribution is 2.05. The van der Waals surface area contributed by atoms with Crippen LogP contribution in [0.3, 0.4) is 0 Å². The van der Waals surface area contributed by atoms with E-state index >= 15 is 0 Å². The van der Waals surface area contributed by atoms with Crippen LogP contribution in [0.15, 0.2) is 4.42 Å². The van der Waals surface area contributed by atoms with Gasteiger partial charge in [-0.05, 0) is 26.4 Å². The minimum absolute atomic E-state index is 0.770. The maximum Gasteiger partial charge on any atom is 0.216 e. The lowest BCUT2D eigenvalue weighted by atomic mass is 10.2. The molecule has 4 heteroatoms. The number of aryl methyl sites for hydroxylation is 2. The molecule has 0 amide bonds. The lowest BCUT2D eigenvalue weighted by Crippen LogP contribution is -2.08. The molecule has 0 unspecified atom stereocenters. The summed E-state index contributed by atoms with van der Waals surface area (Å²) in [6.07, 6.45) is 5.12. The zero-order valence-corrected chi connectivity index (χ0v) is 9.05. The highest BCUT2D eigenvalue weighted by Gasteiger charge is 2.04. The van der Waals surface area contributed by atoms with Crippen molar-refractivity contribution in [3.8, 4) is 0 Å². The molecule has 0 saturated heterocycles. The number of hydrogen-bond donors (Lipinski definition) is 1. The van der Waals surface area contributed by atoms with Gasteiger partial charge < -0.3 is 9.73 Å². The molecule has 0 aliphatic carbocycles. The topological polar surface area (TPSA) is 51.0 Å². The maximum absolute atomic E-state index is 5.48. The van der Waals surface area contributed by atoms with Gasteiger partial charge in [-0.3, -0.25) is 0 Å². The number of nitrogens with zero attached hydrogens (tertiary/aromatic N) is 2. The van der Waals surface area contributed by atoms with Crippen LogP contribution in [0.5, 0.6) is 0 Å². The van der Waals surface area contributed by atoms with Gasteiger partial charge in [-0.2, -0.15) is 0 Å². The van der Waals surface area contributed by atoms with Gasteiger partial charge in [0.2, 0.25) is 11.8 Å². The molecule has 1 heterocycles. The van der Waals surface area contributed by atoms with Crippen LogP contribution < -0.4 is 5.32 Å². The van der Waals surface area contributed by atoms with E-state index in [0.29, 0.717) is 0 Å². The molecule has 0 radical (unpaired) electrons. The summed E-state index contributed by atoms with van der Waals surface area (Å²) < 4.78 is 5.48. The van der Waals surface area contributed by atoms with Crippen molar-refractivity contribution in [2.45, 2.75) is 39.0 Å². The third-order valence-electron chi connectivity index (χ3n) is 2.07. The second-order valence-electron chi connectivity index (χ2n) is 3.40. The van der Waals surface area contributed by atoms with Crippen LogP contribution in [0.4, 0.5) is 0 Å². The van der Waals surface area contributed by atoms with Gasteiger partial charge in [-0.15, -0.1) is 10.2 Å². The molecule has 0 spiro atoms. The zero-order valence-electron chi connectivity index (χ0n) is 9.05. The second kappa shape index (κ2) is 6.54. The highest BCUT2D eigenvalue weighted by atomic mass is 16.4. The van der Waals surface area contributed by atoms with E-state index in [9.17, 15) is 0 Å². The number of hydrogen-bond acceptors (Lipinski definition) is 4. The average molecular weight is 197 g/mol. The molecule has 0 fully saturated rings. The third kappa shape index (κ3) is 3.87. The van der Waals surface area contributed by atoms with Crippen molar-refractivity contribution < 1.29 is 4.42 Å². The molecule has 1 N–H and O–H groups in total. The molecule has 0 aromatic carbocycles. The van der Waals surface area contributed by atoms with Gasteiger partial charge in [0.25, 0.3) is 0 Å². The number of unbranched alkanes of at least 4 members (excludes halogenated alkanes) is 1. The van der Waals surface area contributed by atoms with Crippen LogP contribution in [-0.2, 0) is 12.8 Å². The zero-order chi connectivity index (χ0) is 10.2. The van der Waals surface area contributed by atoms with Crippen molar-refractivity contribution in [2.75, 3.05) is 13.6 Å². The number of nitrogens with one attached hydrogen (secondary N) is 1. The molecule has 0 aliphatic heterocycles.